The Morgan fingerprint density at radius 2 is 1.86 bits per heavy atom. The molecule has 0 unspecified atom stereocenters. The summed E-state index contributed by atoms with van der Waals surface area (Å²) in [6, 6.07) is 21.0. The highest BCUT2D eigenvalue weighted by atomic mass is 16.1. The van der Waals surface area contributed by atoms with Crippen LogP contribution in [0.5, 0.6) is 0 Å². The highest BCUT2D eigenvalue weighted by molar-refractivity contribution is 5.98. The Labute approximate surface area is 205 Å². The molecule has 0 radical (unpaired) electrons. The van der Waals surface area contributed by atoms with E-state index in [4.69, 9.17) is 16.7 Å². The molecule has 35 heavy (non-hydrogen) atoms. The number of nitriles is 1. The zero-order valence-electron chi connectivity index (χ0n) is 20.1. The quantitative estimate of drug-likeness (QED) is 0.339. The summed E-state index contributed by atoms with van der Waals surface area (Å²) in [7, 11) is 1.72. The number of aromatic nitrogens is 2. The van der Waals surface area contributed by atoms with E-state index in [-0.39, 0.29) is 0 Å². The van der Waals surface area contributed by atoms with E-state index in [0.29, 0.717) is 23.5 Å². The van der Waals surface area contributed by atoms with Crippen molar-refractivity contribution in [1.82, 2.24) is 9.97 Å². The van der Waals surface area contributed by atoms with E-state index in [9.17, 15) is 4.79 Å². The van der Waals surface area contributed by atoms with E-state index in [1.165, 1.54) is 11.1 Å². The number of amides is 1. The summed E-state index contributed by atoms with van der Waals surface area (Å²) >= 11 is 0. The molecule has 0 atom stereocenters. The third-order valence-electron chi connectivity index (χ3n) is 5.51. The van der Waals surface area contributed by atoms with Crippen molar-refractivity contribution >= 4 is 22.6 Å². The van der Waals surface area contributed by atoms with Crippen molar-refractivity contribution in [2.24, 2.45) is 16.5 Å². The number of hydrogen-bond acceptors (Lipinski definition) is 5. The summed E-state index contributed by atoms with van der Waals surface area (Å²) < 4.78 is 0. The average molecular weight is 465 g/mol. The molecule has 0 aliphatic heterocycles. The van der Waals surface area contributed by atoms with Crippen molar-refractivity contribution in [3.63, 3.8) is 0 Å². The van der Waals surface area contributed by atoms with Crippen molar-refractivity contribution in [2.45, 2.75) is 26.7 Å². The molecule has 4 N–H and O–H groups in total. The Morgan fingerprint density at radius 3 is 2.54 bits per heavy atom. The maximum Gasteiger partial charge on any atom is 0.248 e. The number of nitrogens with two attached hydrogens (primary N) is 2. The topological polar surface area (TPSA) is 131 Å². The standard InChI is InChI=1S/C17H12N4O.C11H16N2/c18-10-14-3-2-12-7-11(1-4-16(12)21-14)8-15-9-13(17(19)22)5-6-20-15;1-4-9-7-8(2)5-6-10(9)11(12)13-3/h1-7,9H,8H2,(H2,19,22);5-7H,4H2,1-3H3,(H2,12,13). The second-order valence-electron chi connectivity index (χ2n) is 8.04. The number of benzene rings is 2. The SMILES string of the molecule is CCc1cc(C)ccc1C(N)=NC.N#Cc1ccc2cc(Cc3cc(C(N)=O)ccn3)ccc2n1. The van der Waals surface area contributed by atoms with Gasteiger partial charge in [-0.3, -0.25) is 14.8 Å². The number of carbonyl (C=O) groups is 1. The number of aryl methyl sites for hydroxylation is 2. The van der Waals surface area contributed by atoms with Crippen LogP contribution in [0.25, 0.3) is 10.9 Å². The second-order valence-corrected chi connectivity index (χ2v) is 8.04. The molecule has 4 aromatic rings. The number of rotatable bonds is 5. The summed E-state index contributed by atoms with van der Waals surface area (Å²) in [4.78, 5) is 23.7. The summed E-state index contributed by atoms with van der Waals surface area (Å²) in [5, 5.41) is 9.82. The third-order valence-corrected chi connectivity index (χ3v) is 5.51. The van der Waals surface area contributed by atoms with Gasteiger partial charge in [0.05, 0.1) is 5.52 Å². The number of pyridine rings is 2. The highest BCUT2D eigenvalue weighted by Gasteiger charge is 2.06. The number of amidine groups is 1. The van der Waals surface area contributed by atoms with Crippen LogP contribution < -0.4 is 11.5 Å². The minimum atomic E-state index is -0.463. The molecule has 2 aromatic carbocycles. The van der Waals surface area contributed by atoms with E-state index >= 15 is 0 Å². The Balaban J connectivity index is 0.000000225. The fourth-order valence-electron chi connectivity index (χ4n) is 3.67. The number of fused-ring (bicyclic) bond motifs is 1. The van der Waals surface area contributed by atoms with Crippen molar-refractivity contribution in [1.29, 1.82) is 5.26 Å². The molecule has 176 valence electrons. The normalized spacial score (nSPS) is 10.9. The van der Waals surface area contributed by atoms with Gasteiger partial charge in [0, 0.05) is 41.9 Å². The largest absolute Gasteiger partial charge is 0.384 e. The molecule has 1 amide bonds. The van der Waals surface area contributed by atoms with Gasteiger partial charge in [0.1, 0.15) is 17.6 Å². The monoisotopic (exact) mass is 464 g/mol. The molecule has 0 saturated heterocycles. The van der Waals surface area contributed by atoms with Crippen LogP contribution >= 0.6 is 0 Å². The van der Waals surface area contributed by atoms with Gasteiger partial charge in [-0.25, -0.2) is 4.98 Å². The summed E-state index contributed by atoms with van der Waals surface area (Å²) in [6.07, 6.45) is 3.17. The van der Waals surface area contributed by atoms with Gasteiger partial charge < -0.3 is 11.5 Å². The van der Waals surface area contributed by atoms with Crippen molar-refractivity contribution in [3.8, 4) is 6.07 Å². The van der Waals surface area contributed by atoms with Gasteiger partial charge in [-0.05, 0) is 60.9 Å². The molecule has 7 nitrogen and oxygen atoms in total. The van der Waals surface area contributed by atoms with Crippen molar-refractivity contribution < 1.29 is 4.79 Å². The number of primary amides is 1. The van der Waals surface area contributed by atoms with Crippen LogP contribution in [0, 0.1) is 18.3 Å². The van der Waals surface area contributed by atoms with E-state index < -0.39 is 5.91 Å². The van der Waals surface area contributed by atoms with Crippen LogP contribution in [0.15, 0.2) is 71.9 Å². The first-order valence-electron chi connectivity index (χ1n) is 11.2. The van der Waals surface area contributed by atoms with Gasteiger partial charge in [0.25, 0.3) is 0 Å². The van der Waals surface area contributed by atoms with Gasteiger partial charge in [-0.15, -0.1) is 0 Å². The first kappa shape index (κ1) is 25.1. The molecule has 0 aliphatic rings. The molecule has 4 rings (SSSR count). The van der Waals surface area contributed by atoms with Gasteiger partial charge in [0.15, 0.2) is 0 Å². The van der Waals surface area contributed by atoms with Crippen molar-refractivity contribution in [3.05, 3.63) is 106 Å². The van der Waals surface area contributed by atoms with Crippen LogP contribution in [0.2, 0.25) is 0 Å². The van der Waals surface area contributed by atoms with E-state index in [0.717, 1.165) is 34.1 Å². The van der Waals surface area contributed by atoms with E-state index in [1.54, 1.807) is 31.4 Å². The second kappa shape index (κ2) is 11.5. The maximum atomic E-state index is 11.2. The van der Waals surface area contributed by atoms with Crippen LogP contribution in [-0.2, 0) is 12.8 Å². The van der Waals surface area contributed by atoms with Crippen LogP contribution in [0.1, 0.15) is 50.9 Å². The summed E-state index contributed by atoms with van der Waals surface area (Å²) in [6.45, 7) is 4.21. The smallest absolute Gasteiger partial charge is 0.248 e. The predicted molar refractivity (Wildman–Crippen MR) is 139 cm³/mol. The summed E-state index contributed by atoms with van der Waals surface area (Å²) in [5.74, 6) is 0.159. The minimum Gasteiger partial charge on any atom is -0.384 e. The molecule has 2 aromatic heterocycles. The summed E-state index contributed by atoms with van der Waals surface area (Å²) in [5.41, 5.74) is 18.1. The van der Waals surface area contributed by atoms with Gasteiger partial charge in [-0.1, -0.05) is 36.8 Å². The molecule has 0 saturated carbocycles. The Hall–Kier alpha value is -4.57. The molecule has 0 spiro atoms. The Bertz CT molecular complexity index is 1440. The molecule has 2 heterocycles. The fraction of sp³-hybridized carbons (Fsp3) is 0.179. The third kappa shape index (κ3) is 6.49. The number of aliphatic imine (C=N–C) groups is 1. The molecule has 0 fully saturated rings. The number of nitrogens with zero attached hydrogens (tertiary/aromatic N) is 4. The molecule has 0 aliphatic carbocycles. The maximum absolute atomic E-state index is 11.2. The Kier molecular flexibility index (Phi) is 8.25. The lowest BCUT2D eigenvalue weighted by Crippen LogP contribution is -2.15. The van der Waals surface area contributed by atoms with Crippen molar-refractivity contribution in [2.75, 3.05) is 7.05 Å². The first-order chi connectivity index (χ1) is 16.8. The first-order valence-corrected chi connectivity index (χ1v) is 11.2. The van der Waals surface area contributed by atoms with Gasteiger partial charge >= 0.3 is 0 Å². The lowest BCUT2D eigenvalue weighted by Gasteiger charge is -2.07. The number of carbonyl (C=O) groups excluding carboxylic acids is 1. The average Bonchev–Trinajstić information content (AvgIpc) is 2.88. The van der Waals surface area contributed by atoms with Crippen LogP contribution in [0.4, 0.5) is 0 Å². The van der Waals surface area contributed by atoms with Gasteiger partial charge in [0.2, 0.25) is 5.91 Å². The van der Waals surface area contributed by atoms with E-state index in [1.807, 2.05) is 36.4 Å². The van der Waals surface area contributed by atoms with Gasteiger partial charge in [-0.2, -0.15) is 5.26 Å². The fourth-order valence-corrected chi connectivity index (χ4v) is 3.67. The molecular weight excluding hydrogens is 436 g/mol. The van der Waals surface area contributed by atoms with E-state index in [2.05, 4.69) is 40.9 Å². The predicted octanol–water partition coefficient (Wildman–Crippen LogP) is 4.08. The zero-order valence-corrected chi connectivity index (χ0v) is 20.1. The molecular formula is C28H28N6O. The van der Waals surface area contributed by atoms with Crippen LogP contribution in [0.3, 0.4) is 0 Å². The van der Waals surface area contributed by atoms with Crippen LogP contribution in [-0.4, -0.2) is 28.8 Å². The minimum absolute atomic E-state index is 0.399. The lowest BCUT2D eigenvalue weighted by atomic mass is 10.0. The highest BCUT2D eigenvalue weighted by Crippen LogP contribution is 2.17. The zero-order chi connectivity index (χ0) is 25.4. The number of hydrogen-bond donors (Lipinski definition) is 2. The molecule has 7 heteroatoms. The molecule has 0 bridgehead atoms. The lowest BCUT2D eigenvalue weighted by molar-refractivity contribution is 0.1000. The Morgan fingerprint density at radius 1 is 1.06 bits per heavy atom.